The van der Waals surface area contributed by atoms with Crippen molar-refractivity contribution in [3.8, 4) is 0 Å². The van der Waals surface area contributed by atoms with Crippen LogP contribution in [0.15, 0.2) is 23.3 Å². The molecule has 0 radical (unpaired) electrons. The monoisotopic (exact) mass is 324 g/mol. The van der Waals surface area contributed by atoms with Crippen molar-refractivity contribution in [2.24, 2.45) is 17.8 Å². The fourth-order valence-corrected chi connectivity index (χ4v) is 2.27. The molecule has 3 heteroatoms. The third kappa shape index (κ3) is 9.07. The van der Waals surface area contributed by atoms with E-state index in [1.165, 1.54) is 5.57 Å². The van der Waals surface area contributed by atoms with Gasteiger partial charge < -0.3 is 9.84 Å². The lowest BCUT2D eigenvalue weighted by molar-refractivity contribution is -0.113. The van der Waals surface area contributed by atoms with Gasteiger partial charge in [0.25, 0.3) is 0 Å². The van der Waals surface area contributed by atoms with E-state index in [9.17, 15) is 4.79 Å². The lowest BCUT2D eigenvalue weighted by Crippen LogP contribution is -2.16. The van der Waals surface area contributed by atoms with Crippen molar-refractivity contribution < 1.29 is 14.6 Å². The van der Waals surface area contributed by atoms with Crippen LogP contribution < -0.4 is 0 Å². The molecule has 2 atom stereocenters. The summed E-state index contributed by atoms with van der Waals surface area (Å²) in [4.78, 5) is 11.4. The second kappa shape index (κ2) is 11.6. The lowest BCUT2D eigenvalue weighted by atomic mass is 9.80. The second-order valence-electron chi connectivity index (χ2n) is 6.89. The normalized spacial score (nSPS) is 19.0. The van der Waals surface area contributed by atoms with Gasteiger partial charge in [0, 0.05) is 6.61 Å². The van der Waals surface area contributed by atoms with Gasteiger partial charge in [-0.2, -0.15) is 0 Å². The summed E-state index contributed by atoms with van der Waals surface area (Å²) in [6, 6.07) is 0. The van der Waals surface area contributed by atoms with E-state index in [2.05, 4.69) is 39.8 Å². The number of aliphatic hydroxyl groups is 1. The summed E-state index contributed by atoms with van der Waals surface area (Å²) in [6.07, 6.45) is 6.46. The molecule has 0 spiro atoms. The molecule has 0 fully saturated rings. The Bertz CT molecular complexity index is 405. The Balaban J connectivity index is 0.000000515. The van der Waals surface area contributed by atoms with Crippen molar-refractivity contribution >= 4 is 5.78 Å². The van der Waals surface area contributed by atoms with Crippen molar-refractivity contribution in [2.45, 2.75) is 74.0 Å². The van der Waals surface area contributed by atoms with Gasteiger partial charge in [0.05, 0.1) is 0 Å². The van der Waals surface area contributed by atoms with Gasteiger partial charge in [0.15, 0.2) is 12.1 Å². The number of hydrogen-bond donors (Lipinski definition) is 1. The standard InChI is InChI=1S/C14H22O.C6H14O2/c1-9(2)12-6-13(10(3)4)8-14(7-12)11(5)15;1-3-5-8-6(7)4-2/h6-7,9-10,13H,8H2,1-5H3;6-7H,3-5H2,1-2H3. The van der Waals surface area contributed by atoms with Crippen molar-refractivity contribution in [2.75, 3.05) is 6.61 Å². The zero-order valence-corrected chi connectivity index (χ0v) is 16.1. The molecule has 0 aromatic carbocycles. The van der Waals surface area contributed by atoms with Crippen LogP contribution in [0.3, 0.4) is 0 Å². The van der Waals surface area contributed by atoms with E-state index in [0.29, 0.717) is 30.8 Å². The van der Waals surface area contributed by atoms with Gasteiger partial charge in [0.2, 0.25) is 0 Å². The maximum absolute atomic E-state index is 11.4. The SMILES string of the molecule is CC(=O)C1=CC(C(C)C)=CC(C(C)C)C1.CCCOC(O)CC. The number of ketones is 1. The smallest absolute Gasteiger partial charge is 0.155 e. The molecule has 1 N–H and O–H groups in total. The molecule has 23 heavy (non-hydrogen) atoms. The number of aliphatic hydroxyl groups excluding tert-OH is 1. The molecule has 0 saturated carbocycles. The molecule has 1 rings (SSSR count). The number of allylic oxidation sites excluding steroid dienone is 4. The van der Waals surface area contributed by atoms with E-state index in [1.807, 2.05) is 13.8 Å². The van der Waals surface area contributed by atoms with E-state index < -0.39 is 6.29 Å². The Labute approximate surface area is 142 Å². The molecule has 1 aliphatic carbocycles. The van der Waals surface area contributed by atoms with E-state index in [1.54, 1.807) is 6.92 Å². The maximum Gasteiger partial charge on any atom is 0.155 e. The minimum absolute atomic E-state index is 0.229. The Morgan fingerprint density at radius 1 is 1.30 bits per heavy atom. The molecular formula is C20H36O3. The zero-order chi connectivity index (χ0) is 18.0. The summed E-state index contributed by atoms with van der Waals surface area (Å²) in [7, 11) is 0. The highest BCUT2D eigenvalue weighted by Crippen LogP contribution is 2.31. The van der Waals surface area contributed by atoms with Crippen LogP contribution in [-0.2, 0) is 9.53 Å². The third-order valence-corrected chi connectivity index (χ3v) is 4.04. The van der Waals surface area contributed by atoms with E-state index in [-0.39, 0.29) is 5.78 Å². The first-order valence-electron chi connectivity index (χ1n) is 8.95. The molecule has 0 aliphatic heterocycles. The molecular weight excluding hydrogens is 288 g/mol. The third-order valence-electron chi connectivity index (χ3n) is 4.04. The number of ether oxygens (including phenoxy) is 1. The summed E-state index contributed by atoms with van der Waals surface area (Å²) in [5.41, 5.74) is 2.32. The first-order valence-corrected chi connectivity index (χ1v) is 8.95. The molecule has 0 heterocycles. The summed E-state index contributed by atoms with van der Waals surface area (Å²) in [5.74, 6) is 1.89. The van der Waals surface area contributed by atoms with Gasteiger partial charge in [-0.1, -0.05) is 53.7 Å². The predicted molar refractivity (Wildman–Crippen MR) is 97.2 cm³/mol. The molecule has 0 saturated heterocycles. The Morgan fingerprint density at radius 3 is 2.30 bits per heavy atom. The highest BCUT2D eigenvalue weighted by atomic mass is 16.6. The molecule has 3 nitrogen and oxygen atoms in total. The van der Waals surface area contributed by atoms with Gasteiger partial charge in [-0.25, -0.2) is 0 Å². The van der Waals surface area contributed by atoms with Crippen molar-refractivity contribution in [3.05, 3.63) is 23.3 Å². The summed E-state index contributed by atoms with van der Waals surface area (Å²) < 4.78 is 4.90. The number of carbonyl (C=O) groups excluding carboxylic acids is 1. The predicted octanol–water partition coefficient (Wildman–Crippen LogP) is 4.90. The molecule has 0 aromatic heterocycles. The molecule has 0 aromatic rings. The first kappa shape index (κ1) is 22.1. The van der Waals surface area contributed by atoms with Crippen molar-refractivity contribution in [1.29, 1.82) is 0 Å². The average molecular weight is 325 g/mol. The first-order chi connectivity index (χ1) is 10.7. The van der Waals surface area contributed by atoms with Gasteiger partial charge in [-0.3, -0.25) is 4.79 Å². The van der Waals surface area contributed by atoms with Crippen LogP contribution in [0, 0.1) is 17.8 Å². The Kier molecular flexibility index (Phi) is 11.1. The minimum atomic E-state index is -0.546. The number of hydrogen-bond acceptors (Lipinski definition) is 3. The van der Waals surface area contributed by atoms with E-state index >= 15 is 0 Å². The zero-order valence-electron chi connectivity index (χ0n) is 16.1. The van der Waals surface area contributed by atoms with Crippen LogP contribution in [0.4, 0.5) is 0 Å². The minimum Gasteiger partial charge on any atom is -0.368 e. The highest BCUT2D eigenvalue weighted by molar-refractivity contribution is 5.94. The Hall–Kier alpha value is -0.930. The van der Waals surface area contributed by atoms with Crippen LogP contribution in [0.5, 0.6) is 0 Å². The van der Waals surface area contributed by atoms with E-state index in [4.69, 9.17) is 9.84 Å². The van der Waals surface area contributed by atoms with Crippen molar-refractivity contribution in [3.63, 3.8) is 0 Å². The molecule has 0 bridgehead atoms. The van der Waals surface area contributed by atoms with Gasteiger partial charge >= 0.3 is 0 Å². The number of carbonyl (C=O) groups is 1. The largest absolute Gasteiger partial charge is 0.368 e. The molecule has 0 amide bonds. The van der Waals surface area contributed by atoms with E-state index in [0.717, 1.165) is 18.4 Å². The van der Waals surface area contributed by atoms with Gasteiger partial charge in [-0.15, -0.1) is 0 Å². The van der Waals surface area contributed by atoms with Gasteiger partial charge in [-0.05, 0) is 55.1 Å². The highest BCUT2D eigenvalue weighted by Gasteiger charge is 2.21. The second-order valence-corrected chi connectivity index (χ2v) is 6.89. The van der Waals surface area contributed by atoms with Gasteiger partial charge in [0.1, 0.15) is 0 Å². The van der Waals surface area contributed by atoms with Crippen LogP contribution in [0.25, 0.3) is 0 Å². The fraction of sp³-hybridized carbons (Fsp3) is 0.750. The average Bonchev–Trinajstić information content (AvgIpc) is 2.52. The van der Waals surface area contributed by atoms with Crippen LogP contribution in [-0.4, -0.2) is 23.8 Å². The summed E-state index contributed by atoms with van der Waals surface area (Å²) in [6.45, 7) is 15.1. The quantitative estimate of drug-likeness (QED) is 0.677. The number of Topliss-reactive ketones (excluding diaryl/α,β-unsaturated/α-hetero) is 1. The van der Waals surface area contributed by atoms with Crippen LogP contribution in [0.1, 0.15) is 67.7 Å². The van der Waals surface area contributed by atoms with Crippen LogP contribution >= 0.6 is 0 Å². The summed E-state index contributed by atoms with van der Waals surface area (Å²) in [5, 5.41) is 8.77. The Morgan fingerprint density at radius 2 is 1.91 bits per heavy atom. The topological polar surface area (TPSA) is 46.5 Å². The maximum atomic E-state index is 11.4. The molecule has 134 valence electrons. The van der Waals surface area contributed by atoms with Crippen LogP contribution in [0.2, 0.25) is 0 Å². The van der Waals surface area contributed by atoms with Crippen molar-refractivity contribution in [1.82, 2.24) is 0 Å². The summed E-state index contributed by atoms with van der Waals surface area (Å²) >= 11 is 0. The molecule has 2 unspecified atom stereocenters. The molecule has 1 aliphatic rings. The number of rotatable bonds is 7. The fourth-order valence-electron chi connectivity index (χ4n) is 2.27. The lowest BCUT2D eigenvalue weighted by Gasteiger charge is -2.25.